The Labute approximate surface area is 94.7 Å². The summed E-state index contributed by atoms with van der Waals surface area (Å²) in [5, 5.41) is 27.2. The number of rotatable bonds is 6. The molecule has 96 valence electrons. The lowest BCUT2D eigenvalue weighted by Gasteiger charge is -2.35. The van der Waals surface area contributed by atoms with Gasteiger partial charge in [0.2, 0.25) is 0 Å². The Bertz CT molecular complexity index is 359. The van der Waals surface area contributed by atoms with Crippen LogP contribution in [-0.2, 0) is 24.0 Å². The Morgan fingerprint density at radius 3 is 1.47 bits per heavy atom. The zero-order chi connectivity index (χ0) is 14.0. The average Bonchev–Trinajstić information content (AvgIpc) is 2.16. The van der Waals surface area contributed by atoms with Crippen molar-refractivity contribution in [2.75, 3.05) is 0 Å². The molecule has 0 aromatic heterocycles. The van der Waals surface area contributed by atoms with Gasteiger partial charge in [-0.05, 0) is 13.8 Å². The van der Waals surface area contributed by atoms with Crippen molar-refractivity contribution in [2.24, 2.45) is 5.90 Å². The molecule has 9 heteroatoms. The molecule has 0 aromatic carbocycles. The maximum absolute atomic E-state index is 11.2. The Hall–Kier alpha value is -1.84. The Morgan fingerprint density at radius 2 is 1.41 bits per heavy atom. The minimum absolute atomic E-state index is 0.591. The van der Waals surface area contributed by atoms with Crippen LogP contribution in [0.1, 0.15) is 13.8 Å². The van der Waals surface area contributed by atoms with Crippen molar-refractivity contribution < 1.29 is 39.3 Å². The molecule has 5 N–H and O–H groups in total. The topological polar surface area (TPSA) is 164 Å². The van der Waals surface area contributed by atoms with Crippen molar-refractivity contribution in [3.05, 3.63) is 0 Å². The third-order valence-corrected chi connectivity index (χ3v) is 2.30. The maximum atomic E-state index is 11.2. The fourth-order valence-corrected chi connectivity index (χ4v) is 1.33. The third-order valence-electron chi connectivity index (χ3n) is 2.30. The molecule has 0 spiro atoms. The SMILES string of the molecule is CC(=O)C(O)(C(=O)O)C(ON)(C(C)=O)C(=O)O. The molecule has 0 aromatic rings. The average molecular weight is 249 g/mol. The van der Waals surface area contributed by atoms with E-state index in [0.29, 0.717) is 13.8 Å². The standard InChI is InChI=1S/C8H11NO8/c1-3(10)7(16,5(12)13)8(17-9,4(2)11)6(14)15/h16H,9H2,1-2H3,(H,12,13)(H,14,15). The lowest BCUT2D eigenvalue weighted by molar-refractivity contribution is -0.216. The van der Waals surface area contributed by atoms with E-state index in [1.165, 1.54) is 0 Å². The summed E-state index contributed by atoms with van der Waals surface area (Å²) in [7, 11) is 0. The smallest absolute Gasteiger partial charge is 0.350 e. The highest BCUT2D eigenvalue weighted by atomic mass is 16.7. The molecule has 0 fully saturated rings. The zero-order valence-corrected chi connectivity index (χ0v) is 8.96. The Kier molecular flexibility index (Phi) is 4.08. The molecule has 0 bridgehead atoms. The molecule has 2 unspecified atom stereocenters. The van der Waals surface area contributed by atoms with Gasteiger partial charge in [0.25, 0.3) is 11.2 Å². The number of ketones is 2. The summed E-state index contributed by atoms with van der Waals surface area (Å²) >= 11 is 0. The van der Waals surface area contributed by atoms with Crippen LogP contribution < -0.4 is 5.90 Å². The fourth-order valence-electron chi connectivity index (χ4n) is 1.33. The molecule has 0 aliphatic rings. The van der Waals surface area contributed by atoms with Gasteiger partial charge in [-0.1, -0.05) is 0 Å². The molecule has 0 aliphatic carbocycles. The normalized spacial score (nSPS) is 17.6. The molecule has 0 saturated carbocycles. The predicted octanol–water partition coefficient (Wildman–Crippen LogP) is -2.31. The third kappa shape index (κ3) is 1.79. The van der Waals surface area contributed by atoms with Crippen LogP contribution in [0, 0.1) is 0 Å². The number of hydrogen-bond acceptors (Lipinski definition) is 7. The predicted molar refractivity (Wildman–Crippen MR) is 49.6 cm³/mol. The summed E-state index contributed by atoms with van der Waals surface area (Å²) in [4.78, 5) is 48.0. The molecule has 0 radical (unpaired) electrons. The molecular weight excluding hydrogens is 238 g/mol. The summed E-state index contributed by atoms with van der Waals surface area (Å²) < 4.78 is 0. The first-order valence-corrected chi connectivity index (χ1v) is 4.18. The lowest BCUT2D eigenvalue weighted by Crippen LogP contribution is -2.72. The van der Waals surface area contributed by atoms with Crippen LogP contribution in [0.3, 0.4) is 0 Å². The molecule has 0 amide bonds. The van der Waals surface area contributed by atoms with Gasteiger partial charge in [-0.25, -0.2) is 15.5 Å². The number of carbonyl (C=O) groups excluding carboxylic acids is 2. The number of aliphatic carboxylic acids is 2. The van der Waals surface area contributed by atoms with Crippen LogP contribution in [0.25, 0.3) is 0 Å². The van der Waals surface area contributed by atoms with Crippen molar-refractivity contribution in [3.8, 4) is 0 Å². The van der Waals surface area contributed by atoms with E-state index in [2.05, 4.69) is 10.7 Å². The second-order valence-corrected chi connectivity index (χ2v) is 3.23. The van der Waals surface area contributed by atoms with Crippen LogP contribution in [-0.4, -0.2) is 50.0 Å². The van der Waals surface area contributed by atoms with E-state index in [0.717, 1.165) is 0 Å². The van der Waals surface area contributed by atoms with Gasteiger partial charge in [-0.3, -0.25) is 14.4 Å². The quantitative estimate of drug-likeness (QED) is 0.299. The van der Waals surface area contributed by atoms with Crippen LogP contribution in [0.5, 0.6) is 0 Å². The highest BCUT2D eigenvalue weighted by Crippen LogP contribution is 2.29. The number of nitrogens with two attached hydrogens (primary N) is 1. The minimum atomic E-state index is -3.61. The molecule has 2 atom stereocenters. The second-order valence-electron chi connectivity index (χ2n) is 3.23. The number of carboxylic acid groups (broad SMARTS) is 2. The van der Waals surface area contributed by atoms with E-state index in [9.17, 15) is 24.3 Å². The summed E-state index contributed by atoms with van der Waals surface area (Å²) in [6.07, 6.45) is 0. The second kappa shape index (κ2) is 4.57. The van der Waals surface area contributed by atoms with Crippen molar-refractivity contribution in [1.29, 1.82) is 0 Å². The molecule has 0 saturated heterocycles. The summed E-state index contributed by atoms with van der Waals surface area (Å²) in [5.41, 5.74) is -7.01. The number of Topliss-reactive ketones (excluding diaryl/α,β-unsaturated/α-hetero) is 2. The van der Waals surface area contributed by atoms with Crippen LogP contribution in [0.15, 0.2) is 0 Å². The maximum Gasteiger partial charge on any atom is 0.350 e. The number of hydrogen-bond donors (Lipinski definition) is 4. The van der Waals surface area contributed by atoms with E-state index in [-0.39, 0.29) is 0 Å². The van der Waals surface area contributed by atoms with Crippen molar-refractivity contribution >= 4 is 23.5 Å². The molecule has 0 rings (SSSR count). The van der Waals surface area contributed by atoms with Crippen LogP contribution in [0.4, 0.5) is 0 Å². The van der Waals surface area contributed by atoms with Gasteiger partial charge in [-0.15, -0.1) is 0 Å². The first-order chi connectivity index (χ1) is 7.58. The number of carbonyl (C=O) groups is 4. The zero-order valence-electron chi connectivity index (χ0n) is 8.96. The van der Waals surface area contributed by atoms with Gasteiger partial charge < -0.3 is 15.3 Å². The molecule has 9 nitrogen and oxygen atoms in total. The molecule has 0 aliphatic heterocycles. The fraction of sp³-hybridized carbons (Fsp3) is 0.500. The largest absolute Gasteiger partial charge is 0.479 e. The van der Waals surface area contributed by atoms with E-state index in [1.54, 1.807) is 0 Å². The molecule has 17 heavy (non-hydrogen) atoms. The number of carboxylic acids is 2. The molecular formula is C8H11NO8. The van der Waals surface area contributed by atoms with E-state index in [1.807, 2.05) is 0 Å². The lowest BCUT2D eigenvalue weighted by atomic mass is 9.77. The van der Waals surface area contributed by atoms with Crippen LogP contribution in [0.2, 0.25) is 0 Å². The van der Waals surface area contributed by atoms with Gasteiger partial charge in [0, 0.05) is 0 Å². The van der Waals surface area contributed by atoms with E-state index in [4.69, 9.17) is 10.2 Å². The number of aliphatic hydroxyl groups is 1. The minimum Gasteiger partial charge on any atom is -0.479 e. The van der Waals surface area contributed by atoms with Gasteiger partial charge in [0.15, 0.2) is 11.6 Å². The van der Waals surface area contributed by atoms with Crippen molar-refractivity contribution in [1.82, 2.24) is 0 Å². The van der Waals surface area contributed by atoms with Crippen LogP contribution >= 0.6 is 0 Å². The Balaban J connectivity index is 6.25. The first-order valence-electron chi connectivity index (χ1n) is 4.18. The first kappa shape index (κ1) is 15.2. The van der Waals surface area contributed by atoms with E-state index < -0.39 is 34.7 Å². The Morgan fingerprint density at radius 1 is 1.00 bits per heavy atom. The van der Waals surface area contributed by atoms with Crippen molar-refractivity contribution in [3.63, 3.8) is 0 Å². The van der Waals surface area contributed by atoms with Gasteiger partial charge >= 0.3 is 11.9 Å². The summed E-state index contributed by atoms with van der Waals surface area (Å²) in [6, 6.07) is 0. The van der Waals surface area contributed by atoms with Gasteiger partial charge in [-0.2, -0.15) is 0 Å². The highest BCUT2D eigenvalue weighted by Gasteiger charge is 2.69. The van der Waals surface area contributed by atoms with E-state index >= 15 is 0 Å². The monoisotopic (exact) mass is 249 g/mol. The summed E-state index contributed by atoms with van der Waals surface area (Å²) in [6.45, 7) is 1.21. The molecule has 0 heterocycles. The summed E-state index contributed by atoms with van der Waals surface area (Å²) in [5.74, 6) is -2.79. The van der Waals surface area contributed by atoms with Gasteiger partial charge in [0.05, 0.1) is 0 Å². The van der Waals surface area contributed by atoms with Crippen molar-refractivity contribution in [2.45, 2.75) is 25.0 Å². The van der Waals surface area contributed by atoms with Gasteiger partial charge in [0.1, 0.15) is 0 Å². The highest BCUT2D eigenvalue weighted by molar-refractivity contribution is 6.21.